The number of aromatic nitrogens is 1. The summed E-state index contributed by atoms with van der Waals surface area (Å²) in [5, 5.41) is 31.8. The van der Waals surface area contributed by atoms with Gasteiger partial charge in [-0.3, -0.25) is 14.5 Å². The number of ketones is 2. The zero-order chi connectivity index (χ0) is 36.8. The highest BCUT2D eigenvalue weighted by Crippen LogP contribution is 2.56. The van der Waals surface area contributed by atoms with E-state index < -0.39 is 52.5 Å². The molecule has 0 spiro atoms. The Labute approximate surface area is 303 Å². The number of hydrogen-bond donors (Lipinski definition) is 3. The summed E-state index contributed by atoms with van der Waals surface area (Å²) in [4.78, 5) is 44.7. The van der Waals surface area contributed by atoms with Gasteiger partial charge >= 0.3 is 6.09 Å². The molecule has 1 aromatic carbocycles. The topological polar surface area (TPSA) is 161 Å². The molecule has 6 rings (SSSR count). The molecule has 3 N–H and O–H groups in total. The van der Waals surface area contributed by atoms with Gasteiger partial charge in [-0.2, -0.15) is 0 Å². The third kappa shape index (κ3) is 6.52. The first-order valence-corrected chi connectivity index (χ1v) is 18.7. The highest BCUT2D eigenvalue weighted by molar-refractivity contribution is 6.33. The second-order valence-electron chi connectivity index (χ2n) is 15.1. The molecule has 1 saturated heterocycles. The van der Waals surface area contributed by atoms with Crippen molar-refractivity contribution >= 4 is 29.3 Å². The summed E-state index contributed by atoms with van der Waals surface area (Å²) in [5.41, 5.74) is -1.99. The molecule has 51 heavy (non-hydrogen) atoms. The lowest BCUT2D eigenvalue weighted by Crippen LogP contribution is -2.60. The lowest BCUT2D eigenvalue weighted by atomic mass is 9.58. The van der Waals surface area contributed by atoms with Gasteiger partial charge < -0.3 is 34.3 Å². The van der Waals surface area contributed by atoms with Gasteiger partial charge in [0.1, 0.15) is 28.7 Å². The number of aliphatic hydroxyl groups excluding tert-OH is 1. The number of nitrogens with one attached hydrogen (secondary N) is 1. The minimum Gasteiger partial charge on any atom is -0.508 e. The van der Waals surface area contributed by atoms with Crippen LogP contribution in [0.3, 0.4) is 0 Å². The Kier molecular flexibility index (Phi) is 10.5. The Morgan fingerprint density at radius 2 is 1.84 bits per heavy atom. The number of halogens is 1. The molecule has 0 bridgehead atoms. The number of carbonyl (C=O) groups excluding carboxylic acids is 3. The van der Waals surface area contributed by atoms with E-state index in [2.05, 4.69) is 29.2 Å². The maximum atomic E-state index is 14.7. The van der Waals surface area contributed by atoms with Crippen molar-refractivity contribution in [2.45, 2.75) is 116 Å². The van der Waals surface area contributed by atoms with Crippen LogP contribution in [0.4, 0.5) is 4.79 Å². The van der Waals surface area contributed by atoms with Crippen LogP contribution in [-0.2, 0) is 11.2 Å². The van der Waals surface area contributed by atoms with Crippen molar-refractivity contribution in [1.82, 2.24) is 15.4 Å². The second-order valence-corrected chi connectivity index (χ2v) is 15.5. The second kappa shape index (κ2) is 14.4. The molecule has 278 valence electrons. The van der Waals surface area contributed by atoms with Gasteiger partial charge in [-0.05, 0) is 101 Å². The minimum atomic E-state index is -2.61. The van der Waals surface area contributed by atoms with Gasteiger partial charge in [0, 0.05) is 22.6 Å². The molecular weight excluding hydrogens is 678 g/mol. The largest absolute Gasteiger partial charge is 0.508 e. The highest BCUT2D eigenvalue weighted by atomic mass is 35.5. The summed E-state index contributed by atoms with van der Waals surface area (Å²) < 4.78 is 23.3. The van der Waals surface area contributed by atoms with Crippen LogP contribution < -0.4 is 14.8 Å². The van der Waals surface area contributed by atoms with Gasteiger partial charge in [-0.25, -0.2) is 4.79 Å². The number of aliphatic hydroxyl groups is 2. The summed E-state index contributed by atoms with van der Waals surface area (Å²) >= 11 is 7.24. The van der Waals surface area contributed by atoms with E-state index in [1.54, 1.807) is 20.8 Å². The monoisotopic (exact) mass is 727 g/mol. The van der Waals surface area contributed by atoms with E-state index in [0.717, 1.165) is 50.8 Å². The van der Waals surface area contributed by atoms with E-state index in [-0.39, 0.29) is 53.8 Å². The van der Waals surface area contributed by atoms with Crippen molar-refractivity contribution in [2.24, 2.45) is 11.8 Å². The number of fused-ring (bicyclic) bond motifs is 4. The Morgan fingerprint density at radius 1 is 1.14 bits per heavy atom. The van der Waals surface area contributed by atoms with E-state index in [9.17, 15) is 24.6 Å². The zero-order valence-corrected chi connectivity index (χ0v) is 31.2. The Bertz CT molecular complexity index is 1730. The van der Waals surface area contributed by atoms with E-state index in [1.165, 1.54) is 0 Å². The average Bonchev–Trinajstić information content (AvgIpc) is 3.72. The third-order valence-electron chi connectivity index (χ3n) is 10.6. The van der Waals surface area contributed by atoms with E-state index in [1.807, 2.05) is 13.0 Å². The van der Waals surface area contributed by atoms with Gasteiger partial charge in [-0.1, -0.05) is 45.2 Å². The van der Waals surface area contributed by atoms with Gasteiger partial charge in [0.2, 0.25) is 5.78 Å². The van der Waals surface area contributed by atoms with Crippen LogP contribution in [0.5, 0.6) is 11.6 Å². The van der Waals surface area contributed by atoms with Crippen molar-refractivity contribution in [3.63, 3.8) is 0 Å². The van der Waals surface area contributed by atoms with Gasteiger partial charge in [0.15, 0.2) is 17.1 Å². The van der Waals surface area contributed by atoms with Crippen LogP contribution in [0.25, 0.3) is 0 Å². The molecule has 1 amide bonds. The molecule has 13 heteroatoms. The number of hydrogen-bond acceptors (Lipinski definition) is 11. The van der Waals surface area contributed by atoms with Gasteiger partial charge in [0.05, 0.1) is 18.8 Å². The average molecular weight is 728 g/mol. The number of ether oxygens (including phenoxy) is 3. The number of carbonyl (C=O) groups is 3. The minimum absolute atomic E-state index is 0.0151. The summed E-state index contributed by atoms with van der Waals surface area (Å²) in [5.74, 6) is -3.85. The summed E-state index contributed by atoms with van der Waals surface area (Å²) in [6.45, 7) is 13.7. The molecule has 1 aliphatic heterocycles. The van der Waals surface area contributed by atoms with Crippen molar-refractivity contribution in [3.05, 3.63) is 50.4 Å². The van der Waals surface area contributed by atoms with Crippen molar-refractivity contribution < 1.29 is 43.3 Å². The molecule has 5 atom stereocenters. The van der Waals surface area contributed by atoms with Crippen molar-refractivity contribution in [2.75, 3.05) is 26.3 Å². The third-order valence-corrected chi connectivity index (χ3v) is 11.1. The van der Waals surface area contributed by atoms with Crippen LogP contribution in [0.1, 0.15) is 136 Å². The lowest BCUT2D eigenvalue weighted by Gasteiger charge is -2.48. The SMILES string of the molecule is CCCCOc1cc(C2CCCN2CC)c(Cl)c2c1C(=O)C1=C(O)[C@]3(O)C(=O)c4c(OCCCC)noc4[C@@H](NC(=O)OC(C)(C)C)[C@@H]3C[C@@H]1C2. The van der Waals surface area contributed by atoms with Crippen LogP contribution in [0.15, 0.2) is 21.9 Å². The first kappa shape index (κ1) is 37.2. The van der Waals surface area contributed by atoms with Gasteiger partial charge in [-0.15, -0.1) is 0 Å². The summed E-state index contributed by atoms with van der Waals surface area (Å²) in [6, 6.07) is 0.761. The number of amides is 1. The van der Waals surface area contributed by atoms with E-state index in [4.69, 9.17) is 30.3 Å². The molecule has 1 aromatic heterocycles. The Hall–Kier alpha value is -3.61. The summed E-state index contributed by atoms with van der Waals surface area (Å²) in [6.07, 6.45) is 4.53. The van der Waals surface area contributed by atoms with Gasteiger partial charge in [0.25, 0.3) is 5.88 Å². The van der Waals surface area contributed by atoms with Crippen LogP contribution in [0, 0.1) is 11.8 Å². The number of likely N-dealkylation sites (tertiary alicyclic amines) is 1. The zero-order valence-electron chi connectivity index (χ0n) is 30.4. The molecule has 12 nitrogen and oxygen atoms in total. The Morgan fingerprint density at radius 3 is 2.51 bits per heavy atom. The molecule has 0 saturated carbocycles. The van der Waals surface area contributed by atoms with E-state index in [0.29, 0.717) is 29.4 Å². The molecule has 2 heterocycles. The quantitative estimate of drug-likeness (QED) is 0.201. The standard InChI is InChI=1S/C38H50ClN3O9/c1-7-10-15-48-25-19-21(24-13-12-14-42(24)9-3)29(39)22-17-20-18-23-30(40-36(46)50-37(4,5)6)32-28(35(41-51-32)49-16-11-8-2)34(45)38(23,47)33(44)26(20)31(43)27(22)25/h19-20,23-24,30,44,47H,7-18H2,1-6H3,(H,40,46)/t20-,23-,24?,30-,38-/m0/s1. The fourth-order valence-electron chi connectivity index (χ4n) is 8.17. The Balaban J connectivity index is 1.48. The number of rotatable bonds is 11. The normalized spacial score (nSPS) is 26.0. The number of unbranched alkanes of at least 4 members (excludes halogenated alkanes) is 2. The molecule has 0 radical (unpaired) electrons. The molecule has 2 aromatic rings. The van der Waals surface area contributed by atoms with Crippen LogP contribution >= 0.6 is 11.6 Å². The smallest absolute Gasteiger partial charge is 0.408 e. The highest BCUT2D eigenvalue weighted by Gasteiger charge is 2.64. The number of benzene rings is 1. The van der Waals surface area contributed by atoms with Crippen LogP contribution in [0.2, 0.25) is 5.02 Å². The van der Waals surface area contributed by atoms with E-state index >= 15 is 0 Å². The predicted molar refractivity (Wildman–Crippen MR) is 189 cm³/mol. The van der Waals surface area contributed by atoms with Crippen molar-refractivity contribution in [1.29, 1.82) is 0 Å². The predicted octanol–water partition coefficient (Wildman–Crippen LogP) is 7.22. The molecule has 1 unspecified atom stereocenters. The fraction of sp³-hybridized carbons (Fsp3) is 0.632. The lowest BCUT2D eigenvalue weighted by molar-refractivity contribution is -0.0420. The molecule has 1 fully saturated rings. The fourth-order valence-corrected chi connectivity index (χ4v) is 8.52. The summed E-state index contributed by atoms with van der Waals surface area (Å²) in [7, 11) is 0. The maximum Gasteiger partial charge on any atom is 0.408 e. The van der Waals surface area contributed by atoms with Crippen molar-refractivity contribution in [3.8, 4) is 11.6 Å². The molecular formula is C38H50ClN3O9. The first-order valence-electron chi connectivity index (χ1n) is 18.4. The van der Waals surface area contributed by atoms with Crippen LogP contribution in [-0.4, -0.2) is 75.4 Å². The number of nitrogens with zero attached hydrogens (tertiary/aromatic N) is 2. The molecule has 3 aliphatic carbocycles. The number of allylic oxidation sites excluding steroid dienone is 1. The first-order chi connectivity index (χ1) is 24.3. The maximum absolute atomic E-state index is 14.7. The molecule has 4 aliphatic rings. The number of Topliss-reactive ketones (excluding diaryl/α,β-unsaturated/α-hetero) is 2. The number of alkyl carbamates (subject to hydrolysis) is 1.